The fraction of sp³-hybridized carbons (Fsp3) is 0.917. The predicted octanol–water partition coefficient (Wildman–Crippen LogP) is 0.155. The number of hydrogen-bond donors (Lipinski definition) is 2. The topological polar surface area (TPSA) is 59.6 Å². The van der Waals surface area contributed by atoms with E-state index in [0.29, 0.717) is 26.4 Å². The van der Waals surface area contributed by atoms with E-state index in [1.54, 1.807) is 7.11 Å². The van der Waals surface area contributed by atoms with E-state index in [-0.39, 0.29) is 11.8 Å². The summed E-state index contributed by atoms with van der Waals surface area (Å²) in [5, 5.41) is 6.19. The van der Waals surface area contributed by atoms with Crippen LogP contribution in [0.3, 0.4) is 0 Å². The van der Waals surface area contributed by atoms with Crippen molar-refractivity contribution in [3.8, 4) is 0 Å². The van der Waals surface area contributed by atoms with Crippen molar-refractivity contribution in [1.82, 2.24) is 10.6 Å². The molecule has 2 N–H and O–H groups in total. The van der Waals surface area contributed by atoms with Gasteiger partial charge in [0.1, 0.15) is 0 Å². The van der Waals surface area contributed by atoms with Gasteiger partial charge in [-0.2, -0.15) is 0 Å². The van der Waals surface area contributed by atoms with Crippen molar-refractivity contribution >= 4 is 5.91 Å². The summed E-state index contributed by atoms with van der Waals surface area (Å²) in [6.45, 7) is 4.47. The lowest BCUT2D eigenvalue weighted by molar-refractivity contribution is -0.125. The Hall–Kier alpha value is -0.650. The molecule has 0 bridgehead atoms. The van der Waals surface area contributed by atoms with Gasteiger partial charge in [0.15, 0.2) is 0 Å². The van der Waals surface area contributed by atoms with E-state index in [1.807, 2.05) is 0 Å². The summed E-state index contributed by atoms with van der Waals surface area (Å²) in [6, 6.07) is 0. The monoisotopic (exact) mass is 244 g/mol. The molecule has 1 amide bonds. The molecule has 100 valence electrons. The predicted molar refractivity (Wildman–Crippen MR) is 65.9 cm³/mol. The fourth-order valence-corrected chi connectivity index (χ4v) is 1.85. The minimum Gasteiger partial charge on any atom is -0.382 e. The molecule has 1 heterocycles. The second kappa shape index (κ2) is 9.39. The molecule has 5 heteroatoms. The van der Waals surface area contributed by atoms with Gasteiger partial charge in [-0.1, -0.05) is 0 Å². The van der Waals surface area contributed by atoms with Crippen LogP contribution in [0.25, 0.3) is 0 Å². The minimum absolute atomic E-state index is 0.151. The number of hydrogen-bond acceptors (Lipinski definition) is 4. The van der Waals surface area contributed by atoms with Crippen LogP contribution in [0.15, 0.2) is 0 Å². The average Bonchev–Trinajstić information content (AvgIpc) is 2.38. The van der Waals surface area contributed by atoms with Crippen molar-refractivity contribution in [2.75, 3.05) is 46.6 Å². The molecule has 0 unspecified atom stereocenters. The van der Waals surface area contributed by atoms with Gasteiger partial charge in [0, 0.05) is 26.8 Å². The third-order valence-corrected chi connectivity index (χ3v) is 2.86. The molecular formula is C12H24N2O3. The van der Waals surface area contributed by atoms with Crippen LogP contribution in [0.5, 0.6) is 0 Å². The van der Waals surface area contributed by atoms with Crippen LogP contribution in [0, 0.1) is 5.92 Å². The Labute approximate surface area is 103 Å². The maximum atomic E-state index is 11.7. The zero-order valence-electron chi connectivity index (χ0n) is 10.7. The van der Waals surface area contributed by atoms with E-state index in [4.69, 9.17) is 9.47 Å². The highest BCUT2D eigenvalue weighted by Gasteiger charge is 2.19. The molecular weight excluding hydrogens is 220 g/mol. The molecule has 1 fully saturated rings. The summed E-state index contributed by atoms with van der Waals surface area (Å²) >= 11 is 0. The number of carbonyl (C=O) groups is 1. The molecule has 1 atom stereocenters. The molecule has 1 rings (SSSR count). The normalized spacial score (nSPS) is 20.2. The van der Waals surface area contributed by atoms with Gasteiger partial charge >= 0.3 is 0 Å². The third kappa shape index (κ3) is 6.61. The second-order valence-electron chi connectivity index (χ2n) is 4.29. The molecule has 0 radical (unpaired) electrons. The van der Waals surface area contributed by atoms with Gasteiger partial charge in [-0.15, -0.1) is 0 Å². The zero-order valence-corrected chi connectivity index (χ0v) is 10.7. The van der Waals surface area contributed by atoms with Crippen molar-refractivity contribution in [2.45, 2.75) is 19.3 Å². The first kappa shape index (κ1) is 14.4. The summed E-state index contributed by atoms with van der Waals surface area (Å²) in [5.74, 6) is 0.326. The molecule has 17 heavy (non-hydrogen) atoms. The number of ether oxygens (including phenoxy) is 2. The van der Waals surface area contributed by atoms with E-state index in [1.165, 1.54) is 0 Å². The summed E-state index contributed by atoms with van der Waals surface area (Å²) in [7, 11) is 1.65. The SMILES string of the molecule is COCCOCCCNC(=O)[C@@H]1CCCNC1. The van der Waals surface area contributed by atoms with Crippen LogP contribution in [-0.2, 0) is 14.3 Å². The van der Waals surface area contributed by atoms with Crippen molar-refractivity contribution in [2.24, 2.45) is 5.92 Å². The molecule has 0 aromatic carbocycles. The molecule has 0 aromatic heterocycles. The molecule has 0 aliphatic carbocycles. The molecule has 0 saturated carbocycles. The summed E-state index contributed by atoms with van der Waals surface area (Å²) in [5.41, 5.74) is 0. The zero-order chi connectivity index (χ0) is 12.3. The Balaban J connectivity index is 1.92. The Bertz CT molecular complexity index is 206. The van der Waals surface area contributed by atoms with Gasteiger partial charge in [-0.05, 0) is 25.8 Å². The van der Waals surface area contributed by atoms with Gasteiger partial charge in [-0.25, -0.2) is 0 Å². The standard InChI is InChI=1S/C12H24N2O3/c1-16-8-9-17-7-3-6-14-12(15)11-4-2-5-13-10-11/h11,13H,2-10H2,1H3,(H,14,15)/t11-/m1/s1. The van der Waals surface area contributed by atoms with Crippen LogP contribution in [0.1, 0.15) is 19.3 Å². The number of nitrogens with one attached hydrogen (secondary N) is 2. The summed E-state index contributed by atoms with van der Waals surface area (Å²) in [6.07, 6.45) is 2.96. The van der Waals surface area contributed by atoms with E-state index in [0.717, 1.165) is 32.4 Å². The molecule has 5 nitrogen and oxygen atoms in total. The van der Waals surface area contributed by atoms with Crippen LogP contribution >= 0.6 is 0 Å². The number of piperidine rings is 1. The number of carbonyl (C=O) groups excluding carboxylic acids is 1. The van der Waals surface area contributed by atoms with Gasteiger partial charge in [0.2, 0.25) is 5.91 Å². The van der Waals surface area contributed by atoms with Gasteiger partial charge in [0.25, 0.3) is 0 Å². The largest absolute Gasteiger partial charge is 0.382 e. The number of amides is 1. The smallest absolute Gasteiger partial charge is 0.224 e. The number of methoxy groups -OCH3 is 1. The quantitative estimate of drug-likeness (QED) is 0.597. The molecule has 1 saturated heterocycles. The maximum Gasteiger partial charge on any atom is 0.224 e. The first-order valence-corrected chi connectivity index (χ1v) is 6.39. The van der Waals surface area contributed by atoms with Crippen molar-refractivity contribution in [3.63, 3.8) is 0 Å². The lowest BCUT2D eigenvalue weighted by atomic mass is 9.99. The van der Waals surface area contributed by atoms with Gasteiger partial charge in [0.05, 0.1) is 19.1 Å². The lowest BCUT2D eigenvalue weighted by Crippen LogP contribution is -2.40. The van der Waals surface area contributed by atoms with Crippen molar-refractivity contribution in [3.05, 3.63) is 0 Å². The number of rotatable bonds is 8. The van der Waals surface area contributed by atoms with E-state index in [2.05, 4.69) is 10.6 Å². The lowest BCUT2D eigenvalue weighted by Gasteiger charge is -2.21. The summed E-state index contributed by atoms with van der Waals surface area (Å²) in [4.78, 5) is 11.7. The van der Waals surface area contributed by atoms with E-state index >= 15 is 0 Å². The molecule has 1 aliphatic heterocycles. The average molecular weight is 244 g/mol. The highest BCUT2D eigenvalue weighted by molar-refractivity contribution is 5.78. The molecule has 0 spiro atoms. The van der Waals surface area contributed by atoms with Crippen LogP contribution in [0.4, 0.5) is 0 Å². The van der Waals surface area contributed by atoms with Crippen molar-refractivity contribution in [1.29, 1.82) is 0 Å². The second-order valence-corrected chi connectivity index (χ2v) is 4.29. The van der Waals surface area contributed by atoms with E-state index < -0.39 is 0 Å². The first-order valence-electron chi connectivity index (χ1n) is 6.39. The van der Waals surface area contributed by atoms with E-state index in [9.17, 15) is 4.79 Å². The first-order chi connectivity index (χ1) is 8.34. The van der Waals surface area contributed by atoms with Gasteiger partial charge < -0.3 is 20.1 Å². The van der Waals surface area contributed by atoms with Crippen molar-refractivity contribution < 1.29 is 14.3 Å². The van der Waals surface area contributed by atoms with Crippen LogP contribution < -0.4 is 10.6 Å². The Kier molecular flexibility index (Phi) is 7.96. The minimum atomic E-state index is 0.151. The molecule has 0 aromatic rings. The van der Waals surface area contributed by atoms with Crippen LogP contribution in [0.2, 0.25) is 0 Å². The highest BCUT2D eigenvalue weighted by atomic mass is 16.5. The fourth-order valence-electron chi connectivity index (χ4n) is 1.85. The summed E-state index contributed by atoms with van der Waals surface area (Å²) < 4.78 is 10.2. The van der Waals surface area contributed by atoms with Crippen LogP contribution in [-0.4, -0.2) is 52.5 Å². The van der Waals surface area contributed by atoms with Gasteiger partial charge in [-0.3, -0.25) is 4.79 Å². The Morgan fingerprint density at radius 3 is 3.00 bits per heavy atom. The third-order valence-electron chi connectivity index (χ3n) is 2.86. The maximum absolute atomic E-state index is 11.7. The highest BCUT2D eigenvalue weighted by Crippen LogP contribution is 2.09. The molecule has 1 aliphatic rings. The Morgan fingerprint density at radius 2 is 2.29 bits per heavy atom. The Morgan fingerprint density at radius 1 is 1.41 bits per heavy atom.